The van der Waals surface area contributed by atoms with Gasteiger partial charge < -0.3 is 8.99 Å². The highest BCUT2D eigenvalue weighted by Crippen LogP contribution is 2.37. The molecule has 1 atom stereocenters. The Bertz CT molecular complexity index is 412. The zero-order valence-corrected chi connectivity index (χ0v) is 11.0. The van der Waals surface area contributed by atoms with Crippen LogP contribution in [-0.2, 0) is 4.43 Å². The standard InChI is InChI=1S/C11H17N3OSi/c1-16(2,3)15-11(6-12)10-7-13-8-14(10)9-4-5-9/h7-9,11H,4-5H2,1-3H3. The Morgan fingerprint density at radius 1 is 1.56 bits per heavy atom. The van der Waals surface area contributed by atoms with E-state index in [4.69, 9.17) is 4.43 Å². The molecule has 0 radical (unpaired) electrons. The molecular weight excluding hydrogens is 218 g/mol. The Balaban J connectivity index is 2.20. The van der Waals surface area contributed by atoms with Crippen LogP contribution in [0, 0.1) is 11.3 Å². The van der Waals surface area contributed by atoms with Gasteiger partial charge in [0, 0.05) is 6.04 Å². The van der Waals surface area contributed by atoms with Crippen molar-refractivity contribution in [2.24, 2.45) is 0 Å². The first-order valence-corrected chi connectivity index (χ1v) is 9.01. The quantitative estimate of drug-likeness (QED) is 0.754. The second-order valence-electron chi connectivity index (χ2n) is 5.20. The van der Waals surface area contributed by atoms with Crippen LogP contribution in [-0.4, -0.2) is 17.9 Å². The van der Waals surface area contributed by atoms with Gasteiger partial charge in [-0.05, 0) is 32.5 Å². The van der Waals surface area contributed by atoms with Crippen molar-refractivity contribution in [2.45, 2.75) is 44.6 Å². The second-order valence-corrected chi connectivity index (χ2v) is 9.66. The lowest BCUT2D eigenvalue weighted by Gasteiger charge is -2.22. The van der Waals surface area contributed by atoms with Gasteiger partial charge in [-0.2, -0.15) is 5.26 Å². The maximum absolute atomic E-state index is 9.19. The Kier molecular flexibility index (Phi) is 2.87. The van der Waals surface area contributed by atoms with Crippen molar-refractivity contribution in [1.29, 1.82) is 5.26 Å². The Hall–Kier alpha value is -1.12. The predicted molar refractivity (Wildman–Crippen MR) is 63.3 cm³/mol. The summed E-state index contributed by atoms with van der Waals surface area (Å²) in [5.74, 6) is 0. The minimum absolute atomic E-state index is 0.463. The van der Waals surface area contributed by atoms with Crippen LogP contribution in [0.15, 0.2) is 12.5 Å². The monoisotopic (exact) mass is 235 g/mol. The first kappa shape index (κ1) is 11.4. The van der Waals surface area contributed by atoms with Crippen LogP contribution in [0.2, 0.25) is 19.6 Å². The van der Waals surface area contributed by atoms with E-state index >= 15 is 0 Å². The molecule has 1 unspecified atom stereocenters. The van der Waals surface area contributed by atoms with Crippen molar-refractivity contribution in [3.63, 3.8) is 0 Å². The molecule has 86 valence electrons. The minimum atomic E-state index is -1.70. The minimum Gasteiger partial charge on any atom is -0.398 e. The molecular formula is C11H17N3OSi. The van der Waals surface area contributed by atoms with E-state index in [1.807, 2.05) is 6.33 Å². The van der Waals surface area contributed by atoms with Crippen LogP contribution in [0.3, 0.4) is 0 Å². The second kappa shape index (κ2) is 4.04. The van der Waals surface area contributed by atoms with Crippen molar-refractivity contribution in [2.75, 3.05) is 0 Å². The zero-order valence-electron chi connectivity index (χ0n) is 9.97. The fourth-order valence-electron chi connectivity index (χ4n) is 1.68. The summed E-state index contributed by atoms with van der Waals surface area (Å²) in [6.07, 6.45) is 5.48. The number of hydrogen-bond acceptors (Lipinski definition) is 3. The van der Waals surface area contributed by atoms with E-state index in [2.05, 4.69) is 35.3 Å². The van der Waals surface area contributed by atoms with Crippen molar-refractivity contribution in [3.05, 3.63) is 18.2 Å². The van der Waals surface area contributed by atoms with Crippen LogP contribution in [0.1, 0.15) is 30.7 Å². The number of nitriles is 1. The topological polar surface area (TPSA) is 50.8 Å². The molecule has 2 rings (SSSR count). The highest BCUT2D eigenvalue weighted by atomic mass is 28.4. The van der Waals surface area contributed by atoms with Crippen molar-refractivity contribution >= 4 is 8.32 Å². The highest BCUT2D eigenvalue weighted by molar-refractivity contribution is 6.69. The van der Waals surface area contributed by atoms with Crippen LogP contribution in [0.4, 0.5) is 0 Å². The molecule has 0 saturated heterocycles. The number of aromatic nitrogens is 2. The molecule has 0 aliphatic heterocycles. The van der Waals surface area contributed by atoms with Gasteiger partial charge in [0.2, 0.25) is 0 Å². The van der Waals surface area contributed by atoms with Crippen molar-refractivity contribution in [3.8, 4) is 6.07 Å². The molecule has 1 heterocycles. The maximum Gasteiger partial charge on any atom is 0.186 e. The molecule has 1 saturated carbocycles. The molecule has 0 amide bonds. The van der Waals surface area contributed by atoms with Gasteiger partial charge in [0.15, 0.2) is 14.4 Å². The molecule has 0 N–H and O–H groups in total. The lowest BCUT2D eigenvalue weighted by Crippen LogP contribution is -2.28. The summed E-state index contributed by atoms with van der Waals surface area (Å²) < 4.78 is 7.96. The van der Waals surface area contributed by atoms with E-state index in [0.717, 1.165) is 5.69 Å². The first-order valence-electron chi connectivity index (χ1n) is 5.60. The van der Waals surface area contributed by atoms with E-state index in [0.29, 0.717) is 6.04 Å². The SMILES string of the molecule is C[Si](C)(C)OC(C#N)c1cncn1C1CC1. The van der Waals surface area contributed by atoms with E-state index in [9.17, 15) is 5.26 Å². The maximum atomic E-state index is 9.19. The Morgan fingerprint density at radius 2 is 2.25 bits per heavy atom. The third kappa shape index (κ3) is 2.51. The molecule has 16 heavy (non-hydrogen) atoms. The summed E-state index contributed by atoms with van der Waals surface area (Å²) in [4.78, 5) is 4.13. The molecule has 0 bridgehead atoms. The lowest BCUT2D eigenvalue weighted by molar-refractivity contribution is 0.244. The predicted octanol–water partition coefficient (Wildman–Crippen LogP) is 2.63. The van der Waals surface area contributed by atoms with E-state index in [-0.39, 0.29) is 0 Å². The number of rotatable bonds is 4. The van der Waals surface area contributed by atoms with Gasteiger partial charge in [-0.25, -0.2) is 4.98 Å². The smallest absolute Gasteiger partial charge is 0.186 e. The van der Waals surface area contributed by atoms with Gasteiger partial charge >= 0.3 is 0 Å². The molecule has 1 aliphatic carbocycles. The molecule has 0 aromatic carbocycles. The fourth-order valence-corrected chi connectivity index (χ4v) is 2.56. The lowest BCUT2D eigenvalue weighted by atomic mass is 10.3. The summed E-state index contributed by atoms with van der Waals surface area (Å²) in [5.41, 5.74) is 0.910. The van der Waals surface area contributed by atoms with E-state index in [1.165, 1.54) is 12.8 Å². The molecule has 1 fully saturated rings. The van der Waals surface area contributed by atoms with Crippen molar-refractivity contribution in [1.82, 2.24) is 9.55 Å². The molecule has 0 spiro atoms. The average Bonchev–Trinajstić information content (AvgIpc) is 2.92. The van der Waals surface area contributed by atoms with E-state index in [1.54, 1.807) is 6.20 Å². The summed E-state index contributed by atoms with van der Waals surface area (Å²) in [6, 6.07) is 2.78. The average molecular weight is 235 g/mol. The molecule has 1 aromatic rings. The van der Waals surface area contributed by atoms with Crippen molar-refractivity contribution < 1.29 is 4.43 Å². The normalized spacial score (nSPS) is 18.1. The largest absolute Gasteiger partial charge is 0.398 e. The van der Waals surface area contributed by atoms with Gasteiger partial charge in [-0.3, -0.25) is 0 Å². The third-order valence-electron chi connectivity index (χ3n) is 2.49. The van der Waals surface area contributed by atoms with Gasteiger partial charge in [-0.15, -0.1) is 0 Å². The molecule has 5 heteroatoms. The number of imidazole rings is 1. The van der Waals surface area contributed by atoms with Crippen LogP contribution >= 0.6 is 0 Å². The highest BCUT2D eigenvalue weighted by Gasteiger charge is 2.30. The van der Waals surface area contributed by atoms with Crippen LogP contribution in [0.5, 0.6) is 0 Å². The summed E-state index contributed by atoms with van der Waals surface area (Å²) >= 11 is 0. The van der Waals surface area contributed by atoms with Gasteiger partial charge in [0.05, 0.1) is 24.3 Å². The zero-order chi connectivity index (χ0) is 11.8. The summed E-state index contributed by atoms with van der Waals surface area (Å²) in [6.45, 7) is 6.28. The van der Waals surface area contributed by atoms with Gasteiger partial charge in [0.25, 0.3) is 0 Å². The number of nitrogens with zero attached hydrogens (tertiary/aromatic N) is 3. The summed E-state index contributed by atoms with van der Waals surface area (Å²) in [7, 11) is -1.70. The number of hydrogen-bond donors (Lipinski definition) is 0. The molecule has 1 aromatic heterocycles. The Morgan fingerprint density at radius 3 is 2.75 bits per heavy atom. The molecule has 1 aliphatic rings. The third-order valence-corrected chi connectivity index (χ3v) is 3.44. The van der Waals surface area contributed by atoms with Gasteiger partial charge in [-0.1, -0.05) is 0 Å². The fraction of sp³-hybridized carbons (Fsp3) is 0.636. The van der Waals surface area contributed by atoms with Crippen LogP contribution in [0.25, 0.3) is 0 Å². The first-order chi connectivity index (χ1) is 7.51. The van der Waals surface area contributed by atoms with E-state index < -0.39 is 14.4 Å². The molecule has 4 nitrogen and oxygen atoms in total. The van der Waals surface area contributed by atoms with Crippen LogP contribution < -0.4 is 0 Å². The Labute approximate surface area is 97.0 Å². The van der Waals surface area contributed by atoms with Gasteiger partial charge in [0.1, 0.15) is 0 Å². The summed E-state index contributed by atoms with van der Waals surface area (Å²) in [5, 5.41) is 9.19.